The van der Waals surface area contributed by atoms with E-state index in [1.165, 1.54) is 11.3 Å². The Morgan fingerprint density at radius 2 is 2.29 bits per heavy atom. The van der Waals surface area contributed by atoms with Crippen molar-refractivity contribution in [3.63, 3.8) is 0 Å². The molecule has 0 bridgehead atoms. The van der Waals surface area contributed by atoms with Crippen molar-refractivity contribution < 1.29 is 13.2 Å². The summed E-state index contributed by atoms with van der Waals surface area (Å²) in [6.45, 7) is 5.85. The molecule has 1 aromatic rings. The number of rotatable bonds is 7. The summed E-state index contributed by atoms with van der Waals surface area (Å²) in [6.07, 6.45) is 1.91. The Balaban J connectivity index is 2.01. The van der Waals surface area contributed by atoms with E-state index in [9.17, 15) is 8.42 Å². The van der Waals surface area contributed by atoms with E-state index in [0.717, 1.165) is 24.3 Å². The Hall–Kier alpha value is 0.01000. The second kappa shape index (κ2) is 7.52. The van der Waals surface area contributed by atoms with E-state index >= 15 is 0 Å². The number of nitrogens with one attached hydrogen (secondary N) is 2. The van der Waals surface area contributed by atoms with Crippen molar-refractivity contribution in [1.29, 1.82) is 0 Å². The Bertz CT molecular complexity index is 566. The molecule has 2 N–H and O–H groups in total. The molecule has 8 heteroatoms. The maximum Gasteiger partial charge on any atom is 0.242 e. The fourth-order valence-electron chi connectivity index (χ4n) is 2.06. The third kappa shape index (κ3) is 5.01. The monoisotopic (exact) mass is 396 g/mol. The van der Waals surface area contributed by atoms with E-state index in [1.54, 1.807) is 6.07 Å². The van der Waals surface area contributed by atoms with E-state index in [0.29, 0.717) is 27.8 Å². The topological polar surface area (TPSA) is 67.4 Å². The van der Waals surface area contributed by atoms with E-state index in [-0.39, 0.29) is 6.10 Å². The highest BCUT2D eigenvalue weighted by molar-refractivity contribution is 9.11. The summed E-state index contributed by atoms with van der Waals surface area (Å²) < 4.78 is 33.4. The third-order valence-electron chi connectivity index (χ3n) is 3.21. The molecule has 0 amide bonds. The summed E-state index contributed by atoms with van der Waals surface area (Å²) in [5.74, 6) is 0. The zero-order valence-corrected chi connectivity index (χ0v) is 15.4. The second-order valence-corrected chi connectivity index (χ2v) is 9.56. The highest BCUT2D eigenvalue weighted by Crippen LogP contribution is 2.31. The van der Waals surface area contributed by atoms with Gasteiger partial charge in [0.2, 0.25) is 10.0 Å². The summed E-state index contributed by atoms with van der Waals surface area (Å²) in [4.78, 5) is 1.30. The third-order valence-corrected chi connectivity index (χ3v) is 6.88. The second-order valence-electron chi connectivity index (χ2n) is 5.37. The van der Waals surface area contributed by atoms with Crippen LogP contribution in [0, 0.1) is 0 Å². The lowest BCUT2D eigenvalue weighted by atomic mass is 10.2. The average Bonchev–Trinajstić information content (AvgIpc) is 3.03. The van der Waals surface area contributed by atoms with Crippen LogP contribution in [0.1, 0.15) is 31.6 Å². The van der Waals surface area contributed by atoms with Gasteiger partial charge in [-0.3, -0.25) is 0 Å². The molecule has 1 unspecified atom stereocenters. The molecule has 2 rings (SSSR count). The van der Waals surface area contributed by atoms with Gasteiger partial charge >= 0.3 is 0 Å². The molecule has 2 heterocycles. The van der Waals surface area contributed by atoms with Crippen LogP contribution in [0.15, 0.2) is 14.7 Å². The zero-order valence-electron chi connectivity index (χ0n) is 12.2. The Kier molecular flexibility index (Phi) is 6.22. The number of thiophene rings is 1. The lowest BCUT2D eigenvalue weighted by molar-refractivity contribution is 0.114. The highest BCUT2D eigenvalue weighted by Gasteiger charge is 2.23. The minimum absolute atomic E-state index is 0.000681. The van der Waals surface area contributed by atoms with E-state index in [2.05, 4.69) is 39.8 Å². The summed E-state index contributed by atoms with van der Waals surface area (Å²) in [7, 11) is -3.49. The van der Waals surface area contributed by atoms with Crippen molar-refractivity contribution >= 4 is 37.3 Å². The van der Waals surface area contributed by atoms with Crippen LogP contribution < -0.4 is 10.0 Å². The Morgan fingerprint density at radius 3 is 2.90 bits per heavy atom. The quantitative estimate of drug-likeness (QED) is 0.742. The van der Waals surface area contributed by atoms with Crippen LogP contribution in [0.25, 0.3) is 0 Å². The van der Waals surface area contributed by atoms with Crippen LogP contribution in [0.3, 0.4) is 0 Å². The van der Waals surface area contributed by atoms with Crippen molar-refractivity contribution in [3.8, 4) is 0 Å². The van der Waals surface area contributed by atoms with Crippen LogP contribution in [-0.4, -0.2) is 33.7 Å². The van der Waals surface area contributed by atoms with Gasteiger partial charge in [-0.1, -0.05) is 13.8 Å². The van der Waals surface area contributed by atoms with Gasteiger partial charge in [-0.2, -0.15) is 0 Å². The van der Waals surface area contributed by atoms with Crippen LogP contribution >= 0.6 is 27.3 Å². The molecule has 0 spiro atoms. The van der Waals surface area contributed by atoms with Gasteiger partial charge in [-0.05, 0) is 34.8 Å². The van der Waals surface area contributed by atoms with E-state index in [1.807, 2.05) is 0 Å². The summed E-state index contributed by atoms with van der Waals surface area (Å²) >= 11 is 4.80. The molecule has 0 saturated carbocycles. The minimum atomic E-state index is -3.49. The van der Waals surface area contributed by atoms with E-state index in [4.69, 9.17) is 4.74 Å². The maximum absolute atomic E-state index is 12.4. The number of halogens is 1. The van der Waals surface area contributed by atoms with Gasteiger partial charge in [0.05, 0.1) is 9.89 Å². The van der Waals surface area contributed by atoms with Crippen molar-refractivity contribution in [2.75, 3.05) is 13.2 Å². The smallest absolute Gasteiger partial charge is 0.242 e. The van der Waals surface area contributed by atoms with Gasteiger partial charge in [0.15, 0.2) is 0 Å². The molecular weight excluding hydrogens is 376 g/mol. The SMILES string of the molecule is CC(C)NCc1cc(S(=O)(=O)NCC2CCCO2)c(Br)s1. The molecule has 21 heavy (non-hydrogen) atoms. The summed E-state index contributed by atoms with van der Waals surface area (Å²) in [5.41, 5.74) is 0. The first-order chi connectivity index (χ1) is 9.88. The van der Waals surface area contributed by atoms with Gasteiger partial charge in [0.1, 0.15) is 4.90 Å². The zero-order chi connectivity index (χ0) is 15.5. The average molecular weight is 397 g/mol. The van der Waals surface area contributed by atoms with Gasteiger partial charge in [0, 0.05) is 30.6 Å². The minimum Gasteiger partial charge on any atom is -0.377 e. The van der Waals surface area contributed by atoms with Crippen LogP contribution in [0.4, 0.5) is 0 Å². The molecule has 0 radical (unpaired) electrons. The molecule has 5 nitrogen and oxygen atoms in total. The van der Waals surface area contributed by atoms with Crippen molar-refractivity contribution in [2.45, 2.75) is 50.3 Å². The number of hydrogen-bond donors (Lipinski definition) is 2. The van der Waals surface area contributed by atoms with Crippen molar-refractivity contribution in [2.24, 2.45) is 0 Å². The lowest BCUT2D eigenvalue weighted by Gasteiger charge is -2.10. The van der Waals surface area contributed by atoms with Gasteiger partial charge < -0.3 is 10.1 Å². The predicted octanol–water partition coefficient (Wildman–Crippen LogP) is 2.47. The van der Waals surface area contributed by atoms with Crippen LogP contribution in [-0.2, 0) is 21.3 Å². The molecule has 1 saturated heterocycles. The number of sulfonamides is 1. The van der Waals surface area contributed by atoms with Crippen LogP contribution in [0.2, 0.25) is 0 Å². The molecule has 1 aromatic heterocycles. The van der Waals surface area contributed by atoms with Gasteiger partial charge in [-0.25, -0.2) is 13.1 Å². The standard InChI is InChI=1S/C13H21BrN2O3S2/c1-9(2)15-8-11-6-12(13(14)20-11)21(17,18)16-7-10-4-3-5-19-10/h6,9-10,15-16H,3-5,7-8H2,1-2H3. The highest BCUT2D eigenvalue weighted by atomic mass is 79.9. The van der Waals surface area contributed by atoms with Crippen molar-refractivity contribution in [1.82, 2.24) is 10.0 Å². The Morgan fingerprint density at radius 1 is 1.52 bits per heavy atom. The first kappa shape index (κ1) is 17.4. The van der Waals surface area contributed by atoms with Crippen LogP contribution in [0.5, 0.6) is 0 Å². The largest absolute Gasteiger partial charge is 0.377 e. The molecule has 0 aromatic carbocycles. The molecule has 1 aliphatic rings. The van der Waals surface area contributed by atoms with Gasteiger partial charge in [0.25, 0.3) is 0 Å². The predicted molar refractivity (Wildman–Crippen MR) is 88.2 cm³/mol. The maximum atomic E-state index is 12.4. The summed E-state index contributed by atoms with van der Waals surface area (Å²) in [6, 6.07) is 2.09. The molecule has 1 aliphatic heterocycles. The molecule has 120 valence electrons. The first-order valence-electron chi connectivity index (χ1n) is 7.01. The number of hydrogen-bond acceptors (Lipinski definition) is 5. The Labute approximate surface area is 138 Å². The van der Waals surface area contributed by atoms with Crippen molar-refractivity contribution in [3.05, 3.63) is 14.7 Å². The van der Waals surface area contributed by atoms with Gasteiger partial charge in [-0.15, -0.1) is 11.3 Å². The normalized spacial score (nSPS) is 19.5. The lowest BCUT2D eigenvalue weighted by Crippen LogP contribution is -2.31. The van der Waals surface area contributed by atoms with E-state index < -0.39 is 10.0 Å². The molecule has 1 fully saturated rings. The fraction of sp³-hybridized carbons (Fsp3) is 0.692. The summed E-state index contributed by atoms with van der Waals surface area (Å²) in [5, 5.41) is 3.28. The molecule has 1 atom stereocenters. The molecular formula is C13H21BrN2O3S2. The first-order valence-corrected chi connectivity index (χ1v) is 10.1. The fourth-order valence-corrected chi connectivity index (χ4v) is 5.76. The molecule has 0 aliphatic carbocycles. The number of ether oxygens (including phenoxy) is 1.